The van der Waals surface area contributed by atoms with Crippen LogP contribution in [0.2, 0.25) is 0 Å². The fourth-order valence-corrected chi connectivity index (χ4v) is 6.93. The van der Waals surface area contributed by atoms with Gasteiger partial charge in [0.15, 0.2) is 0 Å². The van der Waals surface area contributed by atoms with Gasteiger partial charge < -0.3 is 11.5 Å². The highest BCUT2D eigenvalue weighted by atomic mass is 32.2. The van der Waals surface area contributed by atoms with Crippen LogP contribution < -0.4 is 16.4 Å². The molecule has 0 unspecified atom stereocenters. The Morgan fingerprint density at radius 1 is 0.914 bits per heavy atom. The summed E-state index contributed by atoms with van der Waals surface area (Å²) in [6.07, 6.45) is 3.79. The molecular weight excluding hydrogens is 488 g/mol. The smallest absolute Gasteiger partial charge is 0.242 e. The molecule has 12 heteroatoms. The lowest BCUT2D eigenvalue weighted by Crippen LogP contribution is -2.58. The zero-order valence-corrected chi connectivity index (χ0v) is 21.6. The van der Waals surface area contributed by atoms with Gasteiger partial charge in [0.25, 0.3) is 0 Å². The Labute approximate surface area is 206 Å². The van der Waals surface area contributed by atoms with Gasteiger partial charge in [-0.2, -0.15) is 4.99 Å². The monoisotopic (exact) mass is 518 g/mol. The van der Waals surface area contributed by atoms with E-state index in [1.54, 1.807) is 17.0 Å². The largest absolute Gasteiger partial charge is 0.369 e. The van der Waals surface area contributed by atoms with E-state index in [1.807, 2.05) is 6.92 Å². The number of anilines is 1. The van der Waals surface area contributed by atoms with Crippen molar-refractivity contribution in [2.45, 2.75) is 59.4 Å². The molecular formula is C23H30N6O4S2. The molecule has 4 rings (SSSR count). The highest BCUT2D eigenvalue weighted by Gasteiger charge is 2.44. The fraction of sp³-hybridized carbons (Fsp3) is 0.391. The number of sulfone groups is 1. The summed E-state index contributed by atoms with van der Waals surface area (Å²) in [5.74, 6) is -0.0141. The molecule has 2 aromatic carbocycles. The first kappa shape index (κ1) is 25.1. The number of aryl methyl sites for hydroxylation is 1. The van der Waals surface area contributed by atoms with Crippen molar-refractivity contribution in [3.8, 4) is 0 Å². The van der Waals surface area contributed by atoms with Crippen LogP contribution in [0.5, 0.6) is 0 Å². The Balaban J connectivity index is 2.01. The number of guanidine groups is 2. The Hall–Kier alpha value is -2.96. The molecule has 2 aliphatic rings. The van der Waals surface area contributed by atoms with Gasteiger partial charge in [0, 0.05) is 14.1 Å². The summed E-state index contributed by atoms with van der Waals surface area (Å²) in [7, 11) is -5.10. The van der Waals surface area contributed by atoms with Crippen molar-refractivity contribution < 1.29 is 16.8 Å². The van der Waals surface area contributed by atoms with E-state index in [9.17, 15) is 16.8 Å². The average Bonchev–Trinajstić information content (AvgIpc) is 2.79. The lowest BCUT2D eigenvalue weighted by atomic mass is 9.87. The van der Waals surface area contributed by atoms with E-state index >= 15 is 0 Å². The Bertz CT molecular complexity index is 1410. The van der Waals surface area contributed by atoms with Crippen molar-refractivity contribution in [3.63, 3.8) is 0 Å². The van der Waals surface area contributed by atoms with Crippen molar-refractivity contribution in [3.05, 3.63) is 48.0 Å². The molecule has 0 aromatic heterocycles. The average molecular weight is 519 g/mol. The minimum Gasteiger partial charge on any atom is -0.369 e. The third-order valence-corrected chi connectivity index (χ3v) is 10.1. The van der Waals surface area contributed by atoms with Gasteiger partial charge in [0.1, 0.15) is 5.66 Å². The lowest BCUT2D eigenvalue weighted by molar-refractivity contribution is 0.304. The predicted molar refractivity (Wildman–Crippen MR) is 135 cm³/mol. The van der Waals surface area contributed by atoms with E-state index in [0.717, 1.165) is 29.1 Å². The molecule has 0 bridgehead atoms. The van der Waals surface area contributed by atoms with Gasteiger partial charge in [-0.15, -0.1) is 0 Å². The molecule has 1 spiro atoms. The second kappa shape index (κ2) is 8.92. The standard InChI is InChI=1S/C23H30N6O4S2/c1-16-7-9-17(10-8-16)34(30,31)20-12-11-18(35(32,33)28(2)3)15-19(20)29-22(25)26-21(24)27-23(29)13-5-4-6-14-23/h7-12,15H,4-6,13-14H2,1-3H3,(H4,24,25,26,27). The van der Waals surface area contributed by atoms with Crippen LogP contribution in [0.3, 0.4) is 0 Å². The topological polar surface area (TPSA) is 152 Å². The third-order valence-electron chi connectivity index (χ3n) is 6.42. The number of hydrogen-bond donors (Lipinski definition) is 2. The molecule has 1 heterocycles. The number of nitrogens with zero attached hydrogens (tertiary/aromatic N) is 4. The maximum Gasteiger partial charge on any atom is 0.242 e. The van der Waals surface area contributed by atoms with E-state index in [0.29, 0.717) is 12.8 Å². The highest BCUT2D eigenvalue weighted by molar-refractivity contribution is 7.91. The van der Waals surface area contributed by atoms with Gasteiger partial charge in [0.05, 0.1) is 20.4 Å². The minimum absolute atomic E-state index is 0.0145. The molecule has 35 heavy (non-hydrogen) atoms. The second-order valence-corrected chi connectivity index (χ2v) is 13.1. The summed E-state index contributed by atoms with van der Waals surface area (Å²) in [5.41, 5.74) is 12.4. The zero-order chi connectivity index (χ0) is 25.6. The molecule has 1 fully saturated rings. The van der Waals surface area contributed by atoms with Crippen molar-refractivity contribution in [2.24, 2.45) is 21.5 Å². The van der Waals surface area contributed by atoms with E-state index in [-0.39, 0.29) is 32.3 Å². The van der Waals surface area contributed by atoms with Crippen molar-refractivity contribution in [1.29, 1.82) is 0 Å². The molecule has 4 N–H and O–H groups in total. The molecule has 0 radical (unpaired) electrons. The van der Waals surface area contributed by atoms with Crippen molar-refractivity contribution >= 4 is 37.5 Å². The fourth-order valence-electron chi connectivity index (χ4n) is 4.58. The molecule has 1 saturated carbocycles. The molecule has 1 aliphatic carbocycles. The maximum absolute atomic E-state index is 13.8. The number of nitrogens with two attached hydrogens (primary N) is 2. The van der Waals surface area contributed by atoms with Crippen LogP contribution in [0.1, 0.15) is 37.7 Å². The Morgan fingerprint density at radius 2 is 1.51 bits per heavy atom. The first-order valence-corrected chi connectivity index (χ1v) is 14.2. The van der Waals surface area contributed by atoms with E-state index in [1.165, 1.54) is 44.4 Å². The summed E-state index contributed by atoms with van der Waals surface area (Å²) in [6, 6.07) is 10.4. The van der Waals surface area contributed by atoms with Crippen LogP contribution in [0.4, 0.5) is 5.69 Å². The molecule has 10 nitrogen and oxygen atoms in total. The van der Waals surface area contributed by atoms with Gasteiger partial charge in [-0.3, -0.25) is 4.90 Å². The van der Waals surface area contributed by atoms with Gasteiger partial charge in [0.2, 0.25) is 31.8 Å². The SMILES string of the molecule is Cc1ccc(S(=O)(=O)c2ccc(S(=O)(=O)N(C)C)cc2N2C(N)=NC(N)=NC23CCCCC3)cc1. The van der Waals surface area contributed by atoms with Crippen LogP contribution in [-0.4, -0.2) is 52.8 Å². The van der Waals surface area contributed by atoms with Crippen LogP contribution in [0, 0.1) is 6.92 Å². The summed E-state index contributed by atoms with van der Waals surface area (Å²) in [5, 5.41) is 0. The van der Waals surface area contributed by atoms with Crippen LogP contribution in [-0.2, 0) is 19.9 Å². The molecule has 188 valence electrons. The maximum atomic E-state index is 13.8. The number of benzene rings is 2. The summed E-state index contributed by atoms with van der Waals surface area (Å²) >= 11 is 0. The quantitative estimate of drug-likeness (QED) is 0.615. The van der Waals surface area contributed by atoms with Gasteiger partial charge in [-0.1, -0.05) is 24.1 Å². The summed E-state index contributed by atoms with van der Waals surface area (Å²) in [6.45, 7) is 1.86. The predicted octanol–water partition coefficient (Wildman–Crippen LogP) is 2.19. The zero-order valence-electron chi connectivity index (χ0n) is 20.0. The molecule has 1 aliphatic heterocycles. The van der Waals surface area contributed by atoms with E-state index in [4.69, 9.17) is 11.5 Å². The van der Waals surface area contributed by atoms with Gasteiger partial charge in [-0.25, -0.2) is 26.1 Å². The molecule has 0 saturated heterocycles. The lowest BCUT2D eigenvalue weighted by Gasteiger charge is -2.46. The number of hydrogen-bond acceptors (Lipinski definition) is 9. The Morgan fingerprint density at radius 3 is 2.11 bits per heavy atom. The molecule has 0 atom stereocenters. The first-order chi connectivity index (χ1) is 16.4. The van der Waals surface area contributed by atoms with Crippen LogP contribution >= 0.6 is 0 Å². The number of rotatable bonds is 5. The van der Waals surface area contributed by atoms with Gasteiger partial charge >= 0.3 is 0 Å². The third kappa shape index (κ3) is 4.41. The number of aliphatic imine (C=N–C) groups is 2. The van der Waals surface area contributed by atoms with E-state index < -0.39 is 25.5 Å². The Kier molecular flexibility index (Phi) is 6.41. The first-order valence-electron chi connectivity index (χ1n) is 11.3. The van der Waals surface area contributed by atoms with E-state index in [2.05, 4.69) is 9.98 Å². The van der Waals surface area contributed by atoms with Crippen LogP contribution in [0.25, 0.3) is 0 Å². The van der Waals surface area contributed by atoms with Crippen molar-refractivity contribution in [2.75, 3.05) is 19.0 Å². The normalized spacial score (nSPS) is 18.5. The van der Waals surface area contributed by atoms with Crippen LogP contribution in [0.15, 0.2) is 67.1 Å². The molecule has 2 aromatic rings. The van der Waals surface area contributed by atoms with Gasteiger partial charge in [-0.05, 0) is 62.9 Å². The minimum atomic E-state index is -4.05. The summed E-state index contributed by atoms with van der Waals surface area (Å²) < 4.78 is 54.7. The number of sulfonamides is 1. The molecule has 0 amide bonds. The highest BCUT2D eigenvalue weighted by Crippen LogP contribution is 2.43. The van der Waals surface area contributed by atoms with Crippen molar-refractivity contribution in [1.82, 2.24) is 4.31 Å². The second-order valence-electron chi connectivity index (χ2n) is 9.05. The summed E-state index contributed by atoms with van der Waals surface area (Å²) in [4.78, 5) is 10.2.